The topological polar surface area (TPSA) is 50.8 Å². The van der Waals surface area contributed by atoms with E-state index in [-0.39, 0.29) is 12.6 Å². The van der Waals surface area contributed by atoms with Crippen LogP contribution in [0.25, 0.3) is 0 Å². The van der Waals surface area contributed by atoms with Crippen molar-refractivity contribution >= 4 is 5.97 Å². The Morgan fingerprint density at radius 2 is 2.28 bits per heavy atom. The van der Waals surface area contributed by atoms with E-state index in [9.17, 15) is 4.79 Å². The Morgan fingerprint density at radius 1 is 1.44 bits per heavy atom. The molecule has 1 N–H and O–H groups in total. The lowest BCUT2D eigenvalue weighted by atomic mass is 10.1. The van der Waals surface area contributed by atoms with Gasteiger partial charge in [-0.1, -0.05) is 6.92 Å². The Labute approximate surface area is 110 Å². The van der Waals surface area contributed by atoms with Crippen LogP contribution in [0.2, 0.25) is 0 Å². The average Bonchev–Trinajstić information content (AvgIpc) is 2.82. The molecule has 5 heteroatoms. The van der Waals surface area contributed by atoms with E-state index in [0.29, 0.717) is 13.2 Å². The van der Waals surface area contributed by atoms with Crippen LogP contribution >= 0.6 is 0 Å². The van der Waals surface area contributed by atoms with Gasteiger partial charge in [0.2, 0.25) is 0 Å². The summed E-state index contributed by atoms with van der Waals surface area (Å²) in [6.07, 6.45) is 1.28. The van der Waals surface area contributed by atoms with Crippen LogP contribution in [-0.4, -0.2) is 63.4 Å². The Balaban J connectivity index is 1.88. The fourth-order valence-corrected chi connectivity index (χ4v) is 2.18. The number of rotatable bonds is 9. The molecule has 0 aromatic rings. The molecule has 0 aromatic carbocycles. The zero-order valence-electron chi connectivity index (χ0n) is 11.6. The maximum absolute atomic E-state index is 11.0. The molecule has 1 heterocycles. The van der Waals surface area contributed by atoms with E-state index < -0.39 is 0 Å². The first kappa shape index (κ1) is 15.4. The van der Waals surface area contributed by atoms with Gasteiger partial charge in [0.1, 0.15) is 6.61 Å². The van der Waals surface area contributed by atoms with Gasteiger partial charge in [-0.05, 0) is 38.9 Å². The molecule has 0 bridgehead atoms. The van der Waals surface area contributed by atoms with Gasteiger partial charge in [0.25, 0.3) is 0 Å². The number of ether oxygens (including phenoxy) is 2. The van der Waals surface area contributed by atoms with E-state index in [0.717, 1.165) is 25.6 Å². The second kappa shape index (κ2) is 9.30. The smallest absolute Gasteiger partial charge is 0.332 e. The fourth-order valence-electron chi connectivity index (χ4n) is 2.18. The maximum Gasteiger partial charge on any atom is 0.332 e. The minimum atomic E-state index is -0.285. The number of hydrogen-bond acceptors (Lipinski definition) is 5. The predicted octanol–water partition coefficient (Wildman–Crippen LogP) is 0.498. The Kier molecular flexibility index (Phi) is 7.96. The molecule has 0 aliphatic carbocycles. The number of nitrogens with zero attached hydrogens (tertiary/aromatic N) is 1. The summed E-state index contributed by atoms with van der Waals surface area (Å²) < 4.78 is 9.97. The van der Waals surface area contributed by atoms with E-state index in [1.165, 1.54) is 19.5 Å². The summed E-state index contributed by atoms with van der Waals surface area (Å²) in [6, 6.07) is 0. The van der Waals surface area contributed by atoms with Crippen molar-refractivity contribution in [2.75, 3.05) is 52.5 Å². The van der Waals surface area contributed by atoms with Gasteiger partial charge < -0.3 is 19.7 Å². The standard InChI is InChI=1S/C13H26N2O3/c1-3-15-7-5-12(10-15)9-14-6-8-17-11-13(16)18-4-2/h12,14H,3-11H2,1-2H3. The summed E-state index contributed by atoms with van der Waals surface area (Å²) in [5.74, 6) is 0.474. The molecule has 1 atom stereocenters. The summed E-state index contributed by atoms with van der Waals surface area (Å²) >= 11 is 0. The molecule has 0 aromatic heterocycles. The second-order valence-corrected chi connectivity index (χ2v) is 4.61. The third-order valence-corrected chi connectivity index (χ3v) is 3.20. The molecular formula is C13H26N2O3. The zero-order valence-corrected chi connectivity index (χ0v) is 11.6. The first-order chi connectivity index (χ1) is 8.76. The molecule has 18 heavy (non-hydrogen) atoms. The molecule has 0 saturated carbocycles. The largest absolute Gasteiger partial charge is 0.464 e. The van der Waals surface area contributed by atoms with Crippen LogP contribution in [0, 0.1) is 5.92 Å². The van der Waals surface area contributed by atoms with E-state index in [1.807, 2.05) is 0 Å². The average molecular weight is 258 g/mol. The quantitative estimate of drug-likeness (QED) is 0.482. The lowest BCUT2D eigenvalue weighted by molar-refractivity contribution is -0.148. The van der Waals surface area contributed by atoms with Crippen LogP contribution in [0.15, 0.2) is 0 Å². The van der Waals surface area contributed by atoms with Gasteiger partial charge >= 0.3 is 5.97 Å². The first-order valence-corrected chi connectivity index (χ1v) is 6.92. The van der Waals surface area contributed by atoms with E-state index >= 15 is 0 Å². The van der Waals surface area contributed by atoms with Gasteiger partial charge in [-0.3, -0.25) is 0 Å². The third kappa shape index (κ3) is 6.33. The normalized spacial score (nSPS) is 20.2. The van der Waals surface area contributed by atoms with Crippen molar-refractivity contribution in [2.24, 2.45) is 5.92 Å². The van der Waals surface area contributed by atoms with Crippen LogP contribution in [0.3, 0.4) is 0 Å². The van der Waals surface area contributed by atoms with E-state index in [2.05, 4.69) is 17.1 Å². The molecule has 1 aliphatic heterocycles. The van der Waals surface area contributed by atoms with Crippen LogP contribution in [0.1, 0.15) is 20.3 Å². The van der Waals surface area contributed by atoms with Crippen molar-refractivity contribution in [3.05, 3.63) is 0 Å². The van der Waals surface area contributed by atoms with Crippen LogP contribution in [-0.2, 0) is 14.3 Å². The van der Waals surface area contributed by atoms with Gasteiger partial charge in [0.05, 0.1) is 13.2 Å². The molecule has 0 radical (unpaired) electrons. The van der Waals surface area contributed by atoms with Crippen LogP contribution in [0.5, 0.6) is 0 Å². The highest BCUT2D eigenvalue weighted by atomic mass is 16.6. The molecule has 106 valence electrons. The fraction of sp³-hybridized carbons (Fsp3) is 0.923. The molecule has 1 saturated heterocycles. The molecular weight excluding hydrogens is 232 g/mol. The third-order valence-electron chi connectivity index (χ3n) is 3.20. The number of esters is 1. The highest BCUT2D eigenvalue weighted by Gasteiger charge is 2.20. The van der Waals surface area contributed by atoms with Crippen molar-refractivity contribution in [1.29, 1.82) is 0 Å². The minimum Gasteiger partial charge on any atom is -0.464 e. The molecule has 1 unspecified atom stereocenters. The van der Waals surface area contributed by atoms with Crippen molar-refractivity contribution in [1.82, 2.24) is 10.2 Å². The predicted molar refractivity (Wildman–Crippen MR) is 70.5 cm³/mol. The lowest BCUT2D eigenvalue weighted by Gasteiger charge is -2.13. The molecule has 0 spiro atoms. The summed E-state index contributed by atoms with van der Waals surface area (Å²) in [6.45, 7) is 10.4. The lowest BCUT2D eigenvalue weighted by Crippen LogP contribution is -2.29. The maximum atomic E-state index is 11.0. The van der Waals surface area contributed by atoms with Crippen LogP contribution in [0.4, 0.5) is 0 Å². The SMILES string of the molecule is CCOC(=O)COCCNCC1CCN(CC)C1. The van der Waals surface area contributed by atoms with Gasteiger partial charge in [0.15, 0.2) is 0 Å². The van der Waals surface area contributed by atoms with Crippen molar-refractivity contribution in [3.63, 3.8) is 0 Å². The minimum absolute atomic E-state index is 0.0581. The van der Waals surface area contributed by atoms with Crippen molar-refractivity contribution in [3.8, 4) is 0 Å². The number of hydrogen-bond donors (Lipinski definition) is 1. The van der Waals surface area contributed by atoms with Crippen molar-refractivity contribution < 1.29 is 14.3 Å². The van der Waals surface area contributed by atoms with Crippen molar-refractivity contribution in [2.45, 2.75) is 20.3 Å². The number of carbonyl (C=O) groups is 1. The molecule has 5 nitrogen and oxygen atoms in total. The van der Waals surface area contributed by atoms with Crippen LogP contribution < -0.4 is 5.32 Å². The zero-order chi connectivity index (χ0) is 13.2. The number of nitrogens with one attached hydrogen (secondary N) is 1. The summed E-state index contributed by atoms with van der Waals surface area (Å²) in [7, 11) is 0. The van der Waals surface area contributed by atoms with Gasteiger partial charge in [-0.2, -0.15) is 0 Å². The van der Waals surface area contributed by atoms with E-state index in [4.69, 9.17) is 9.47 Å². The first-order valence-electron chi connectivity index (χ1n) is 6.92. The Hall–Kier alpha value is -0.650. The highest BCUT2D eigenvalue weighted by Crippen LogP contribution is 2.14. The summed E-state index contributed by atoms with van der Waals surface area (Å²) in [5.41, 5.74) is 0. The Bertz CT molecular complexity index is 236. The van der Waals surface area contributed by atoms with E-state index in [1.54, 1.807) is 6.92 Å². The monoisotopic (exact) mass is 258 g/mol. The Morgan fingerprint density at radius 3 is 2.94 bits per heavy atom. The van der Waals surface area contributed by atoms with Gasteiger partial charge in [0, 0.05) is 13.1 Å². The second-order valence-electron chi connectivity index (χ2n) is 4.61. The molecule has 0 amide bonds. The molecule has 1 aliphatic rings. The van der Waals surface area contributed by atoms with Gasteiger partial charge in [-0.25, -0.2) is 4.79 Å². The number of likely N-dealkylation sites (tertiary alicyclic amines) is 1. The van der Waals surface area contributed by atoms with Gasteiger partial charge in [-0.15, -0.1) is 0 Å². The molecule has 1 rings (SSSR count). The molecule has 1 fully saturated rings. The summed E-state index contributed by atoms with van der Waals surface area (Å²) in [4.78, 5) is 13.5. The highest BCUT2D eigenvalue weighted by molar-refractivity contribution is 5.70. The number of carbonyl (C=O) groups excluding carboxylic acids is 1. The summed E-state index contributed by atoms with van der Waals surface area (Å²) in [5, 5.41) is 3.37.